The van der Waals surface area contributed by atoms with E-state index in [0.29, 0.717) is 12.4 Å². The third-order valence-corrected chi connectivity index (χ3v) is 2.93. The summed E-state index contributed by atoms with van der Waals surface area (Å²) in [5.41, 5.74) is 2.02. The van der Waals surface area contributed by atoms with E-state index in [0.717, 1.165) is 11.3 Å². The number of urea groups is 1. The monoisotopic (exact) mass is 258 g/mol. The third-order valence-electron chi connectivity index (χ3n) is 2.93. The molecule has 5 nitrogen and oxygen atoms in total. The molecule has 2 aromatic rings. The van der Waals surface area contributed by atoms with Gasteiger partial charge in [0, 0.05) is 25.3 Å². The molecule has 0 unspecified atom stereocenters. The van der Waals surface area contributed by atoms with Crippen LogP contribution in [0.1, 0.15) is 12.5 Å². The first-order valence-electron chi connectivity index (χ1n) is 6.25. The SMILES string of the molecule is CCN(C(=O)Nc1ccnn1C)c1cccc(C)c1. The molecule has 2 amide bonds. The quantitative estimate of drug-likeness (QED) is 0.920. The fourth-order valence-electron chi connectivity index (χ4n) is 1.91. The van der Waals surface area contributed by atoms with Crippen LogP contribution in [-0.4, -0.2) is 22.4 Å². The number of anilines is 2. The van der Waals surface area contributed by atoms with Crippen molar-refractivity contribution in [1.82, 2.24) is 9.78 Å². The highest BCUT2D eigenvalue weighted by molar-refractivity contribution is 6.01. The first-order valence-corrected chi connectivity index (χ1v) is 6.25. The van der Waals surface area contributed by atoms with Crippen molar-refractivity contribution in [2.24, 2.45) is 7.05 Å². The Morgan fingerprint density at radius 1 is 1.42 bits per heavy atom. The molecule has 0 aliphatic heterocycles. The van der Waals surface area contributed by atoms with Crippen LogP contribution in [0.15, 0.2) is 36.5 Å². The van der Waals surface area contributed by atoms with Crippen LogP contribution in [0.5, 0.6) is 0 Å². The highest BCUT2D eigenvalue weighted by Crippen LogP contribution is 2.17. The summed E-state index contributed by atoms with van der Waals surface area (Å²) in [6, 6.07) is 9.49. The maximum absolute atomic E-state index is 12.3. The number of amides is 2. The minimum atomic E-state index is -0.156. The van der Waals surface area contributed by atoms with Gasteiger partial charge in [0.05, 0.1) is 6.20 Å². The number of nitrogens with zero attached hydrogens (tertiary/aromatic N) is 3. The van der Waals surface area contributed by atoms with E-state index in [1.165, 1.54) is 0 Å². The lowest BCUT2D eigenvalue weighted by molar-refractivity contribution is 0.257. The zero-order valence-corrected chi connectivity index (χ0v) is 11.4. The van der Waals surface area contributed by atoms with Crippen molar-refractivity contribution < 1.29 is 4.79 Å². The minimum absolute atomic E-state index is 0.156. The number of rotatable bonds is 3. The molecule has 1 aromatic carbocycles. The van der Waals surface area contributed by atoms with Crippen molar-refractivity contribution in [3.63, 3.8) is 0 Å². The molecule has 0 atom stereocenters. The molecule has 0 aliphatic carbocycles. The second-order valence-corrected chi connectivity index (χ2v) is 4.35. The predicted octanol–water partition coefficient (Wildman–Crippen LogP) is 2.79. The van der Waals surface area contributed by atoms with Crippen LogP contribution in [0.25, 0.3) is 0 Å². The van der Waals surface area contributed by atoms with Crippen molar-refractivity contribution >= 4 is 17.5 Å². The van der Waals surface area contributed by atoms with E-state index >= 15 is 0 Å². The Balaban J connectivity index is 2.18. The molecule has 0 saturated heterocycles. The number of hydrogen-bond acceptors (Lipinski definition) is 2. The predicted molar refractivity (Wildman–Crippen MR) is 76.4 cm³/mol. The Hall–Kier alpha value is -2.30. The fraction of sp³-hybridized carbons (Fsp3) is 0.286. The van der Waals surface area contributed by atoms with Gasteiger partial charge in [-0.25, -0.2) is 4.79 Å². The van der Waals surface area contributed by atoms with Gasteiger partial charge in [0.1, 0.15) is 5.82 Å². The van der Waals surface area contributed by atoms with Gasteiger partial charge in [0.15, 0.2) is 0 Å². The first kappa shape index (κ1) is 13.1. The number of carbonyl (C=O) groups is 1. The minimum Gasteiger partial charge on any atom is -0.294 e. The maximum Gasteiger partial charge on any atom is 0.327 e. The Morgan fingerprint density at radius 2 is 2.21 bits per heavy atom. The van der Waals surface area contributed by atoms with Gasteiger partial charge in [-0.3, -0.25) is 14.9 Å². The second-order valence-electron chi connectivity index (χ2n) is 4.35. The molecule has 2 rings (SSSR count). The van der Waals surface area contributed by atoms with Crippen LogP contribution in [0.3, 0.4) is 0 Å². The molecule has 19 heavy (non-hydrogen) atoms. The van der Waals surface area contributed by atoms with E-state index in [1.807, 2.05) is 38.1 Å². The average Bonchev–Trinajstić information content (AvgIpc) is 2.76. The molecule has 5 heteroatoms. The Kier molecular flexibility index (Phi) is 3.85. The number of hydrogen-bond donors (Lipinski definition) is 1. The average molecular weight is 258 g/mol. The smallest absolute Gasteiger partial charge is 0.294 e. The molecule has 0 spiro atoms. The van der Waals surface area contributed by atoms with Gasteiger partial charge in [-0.1, -0.05) is 12.1 Å². The molecule has 1 N–H and O–H groups in total. The van der Waals surface area contributed by atoms with Crippen molar-refractivity contribution in [3.8, 4) is 0 Å². The summed E-state index contributed by atoms with van der Waals surface area (Å²) in [5.74, 6) is 0.677. The van der Waals surface area contributed by atoms with E-state index in [2.05, 4.69) is 10.4 Å². The van der Waals surface area contributed by atoms with Crippen molar-refractivity contribution in [3.05, 3.63) is 42.1 Å². The van der Waals surface area contributed by atoms with E-state index in [4.69, 9.17) is 0 Å². The highest BCUT2D eigenvalue weighted by Gasteiger charge is 2.15. The standard InChI is InChI=1S/C14H18N4O/c1-4-18(12-7-5-6-11(2)10-12)14(19)16-13-8-9-15-17(13)3/h5-10H,4H2,1-3H3,(H,16,19). The summed E-state index contributed by atoms with van der Waals surface area (Å²) in [4.78, 5) is 14.0. The van der Waals surface area contributed by atoms with Gasteiger partial charge in [0.25, 0.3) is 0 Å². The lowest BCUT2D eigenvalue weighted by Crippen LogP contribution is -2.35. The Bertz CT molecular complexity index is 576. The third kappa shape index (κ3) is 2.93. The largest absolute Gasteiger partial charge is 0.327 e. The molecule has 1 aromatic heterocycles. The topological polar surface area (TPSA) is 50.2 Å². The van der Waals surface area contributed by atoms with Gasteiger partial charge in [-0.15, -0.1) is 0 Å². The zero-order chi connectivity index (χ0) is 13.8. The molecule has 1 heterocycles. The van der Waals surface area contributed by atoms with Gasteiger partial charge in [-0.05, 0) is 31.5 Å². The molecular formula is C14H18N4O. The van der Waals surface area contributed by atoms with Crippen molar-refractivity contribution in [1.29, 1.82) is 0 Å². The Labute approximate surface area is 112 Å². The number of carbonyl (C=O) groups excluding carboxylic acids is 1. The molecular weight excluding hydrogens is 240 g/mol. The Morgan fingerprint density at radius 3 is 2.79 bits per heavy atom. The maximum atomic E-state index is 12.3. The van der Waals surface area contributed by atoms with E-state index in [9.17, 15) is 4.79 Å². The normalized spacial score (nSPS) is 10.3. The summed E-state index contributed by atoms with van der Waals surface area (Å²) in [7, 11) is 1.79. The number of aryl methyl sites for hydroxylation is 2. The zero-order valence-electron chi connectivity index (χ0n) is 11.4. The van der Waals surface area contributed by atoms with Gasteiger partial charge in [0.2, 0.25) is 0 Å². The molecule has 100 valence electrons. The summed E-state index contributed by atoms with van der Waals surface area (Å²) < 4.78 is 1.63. The van der Waals surface area contributed by atoms with Crippen molar-refractivity contribution in [2.75, 3.05) is 16.8 Å². The van der Waals surface area contributed by atoms with Crippen LogP contribution in [0.2, 0.25) is 0 Å². The second kappa shape index (κ2) is 5.56. The van der Waals surface area contributed by atoms with E-state index < -0.39 is 0 Å². The van der Waals surface area contributed by atoms with Gasteiger partial charge in [-0.2, -0.15) is 5.10 Å². The van der Waals surface area contributed by atoms with Gasteiger partial charge >= 0.3 is 6.03 Å². The molecule has 0 radical (unpaired) electrons. The molecule has 0 fully saturated rings. The van der Waals surface area contributed by atoms with Crippen molar-refractivity contribution in [2.45, 2.75) is 13.8 Å². The van der Waals surface area contributed by atoms with Crippen LogP contribution in [-0.2, 0) is 7.05 Å². The number of nitrogens with one attached hydrogen (secondary N) is 1. The lowest BCUT2D eigenvalue weighted by Gasteiger charge is -2.21. The van der Waals surface area contributed by atoms with Crippen LogP contribution < -0.4 is 10.2 Å². The highest BCUT2D eigenvalue weighted by atomic mass is 16.2. The van der Waals surface area contributed by atoms with Crippen LogP contribution in [0.4, 0.5) is 16.3 Å². The molecule has 0 saturated carbocycles. The lowest BCUT2D eigenvalue weighted by atomic mass is 10.2. The first-order chi connectivity index (χ1) is 9.11. The molecule has 0 bridgehead atoms. The van der Waals surface area contributed by atoms with Crippen LogP contribution in [0, 0.1) is 6.92 Å². The van der Waals surface area contributed by atoms with Gasteiger partial charge < -0.3 is 0 Å². The number of benzene rings is 1. The number of aromatic nitrogens is 2. The fourth-order valence-corrected chi connectivity index (χ4v) is 1.91. The summed E-state index contributed by atoms with van der Waals surface area (Å²) in [6.07, 6.45) is 1.65. The van der Waals surface area contributed by atoms with E-state index in [-0.39, 0.29) is 6.03 Å². The summed E-state index contributed by atoms with van der Waals surface area (Å²) in [5, 5.41) is 6.87. The summed E-state index contributed by atoms with van der Waals surface area (Å²) in [6.45, 7) is 4.56. The molecule has 0 aliphatic rings. The summed E-state index contributed by atoms with van der Waals surface area (Å²) >= 11 is 0. The van der Waals surface area contributed by atoms with E-state index in [1.54, 1.807) is 28.9 Å². The van der Waals surface area contributed by atoms with Crippen LogP contribution >= 0.6 is 0 Å².